The molecule has 0 N–H and O–H groups in total. The van der Waals surface area contributed by atoms with E-state index in [1.807, 2.05) is 0 Å². The van der Waals surface area contributed by atoms with Gasteiger partial charge in [0, 0.05) is 19.3 Å². The molecule has 0 aromatic carbocycles. The zero-order valence-corrected chi connectivity index (χ0v) is 45.3. The Morgan fingerprint density at radius 1 is 0.288 bits per heavy atom. The van der Waals surface area contributed by atoms with E-state index in [2.05, 4.69) is 34.6 Å². The molecule has 0 saturated carbocycles. The number of carbonyl (C=O) groups is 3. The largest absolute Gasteiger partial charge is 0.462 e. The van der Waals surface area contributed by atoms with Gasteiger partial charge in [-0.05, 0) is 31.1 Å². The van der Waals surface area contributed by atoms with Gasteiger partial charge in [0.25, 0.3) is 0 Å². The monoisotopic (exact) mass is 933 g/mol. The Morgan fingerprint density at radius 2 is 0.500 bits per heavy atom. The highest BCUT2D eigenvalue weighted by atomic mass is 16.6. The van der Waals surface area contributed by atoms with Gasteiger partial charge < -0.3 is 14.2 Å². The molecule has 66 heavy (non-hydrogen) atoms. The lowest BCUT2D eigenvalue weighted by atomic mass is 10.0. The van der Waals surface area contributed by atoms with Crippen molar-refractivity contribution in [3.63, 3.8) is 0 Å². The third kappa shape index (κ3) is 53.4. The molecule has 0 aromatic heterocycles. The van der Waals surface area contributed by atoms with Crippen LogP contribution in [0.3, 0.4) is 0 Å². The fraction of sp³-hybridized carbons (Fsp3) is 0.950. The zero-order chi connectivity index (χ0) is 48.2. The number of hydrogen-bond donors (Lipinski definition) is 0. The van der Waals surface area contributed by atoms with E-state index in [4.69, 9.17) is 14.2 Å². The molecular weight excluding hydrogens is 817 g/mol. The first-order chi connectivity index (χ1) is 32.2. The molecule has 0 bridgehead atoms. The van der Waals surface area contributed by atoms with Crippen molar-refractivity contribution in [3.8, 4) is 0 Å². The molecule has 0 heterocycles. The van der Waals surface area contributed by atoms with E-state index in [1.54, 1.807) is 0 Å². The lowest BCUT2D eigenvalue weighted by Crippen LogP contribution is -2.30. The van der Waals surface area contributed by atoms with Crippen molar-refractivity contribution < 1.29 is 28.6 Å². The molecule has 0 aromatic rings. The molecule has 0 radical (unpaired) electrons. The number of rotatable bonds is 54. The van der Waals surface area contributed by atoms with Gasteiger partial charge in [0.1, 0.15) is 13.2 Å². The van der Waals surface area contributed by atoms with Gasteiger partial charge in [0.2, 0.25) is 0 Å². The Morgan fingerprint density at radius 3 is 0.742 bits per heavy atom. The summed E-state index contributed by atoms with van der Waals surface area (Å²) in [7, 11) is 0. The van der Waals surface area contributed by atoms with Gasteiger partial charge in [-0.3, -0.25) is 14.4 Å². The van der Waals surface area contributed by atoms with Gasteiger partial charge in [-0.25, -0.2) is 0 Å². The Balaban J connectivity index is 4.25. The van der Waals surface area contributed by atoms with Gasteiger partial charge in [0.05, 0.1) is 0 Å². The second-order valence-electron chi connectivity index (χ2n) is 21.6. The molecule has 0 saturated heterocycles. The summed E-state index contributed by atoms with van der Waals surface area (Å²) in [6.45, 7) is 11.4. The molecule has 6 heteroatoms. The highest BCUT2D eigenvalue weighted by molar-refractivity contribution is 5.71. The van der Waals surface area contributed by atoms with Crippen LogP contribution in [0.15, 0.2) is 0 Å². The summed E-state index contributed by atoms with van der Waals surface area (Å²) in [6, 6.07) is 0. The summed E-state index contributed by atoms with van der Waals surface area (Å²) in [5.41, 5.74) is 0. The number of esters is 3. The average molecular weight is 934 g/mol. The second-order valence-corrected chi connectivity index (χ2v) is 21.6. The Labute approximate surface area is 412 Å². The van der Waals surface area contributed by atoms with E-state index in [-0.39, 0.29) is 31.1 Å². The van der Waals surface area contributed by atoms with Gasteiger partial charge in [-0.1, -0.05) is 298 Å². The molecule has 0 aliphatic rings. The minimum Gasteiger partial charge on any atom is -0.462 e. The molecule has 1 atom stereocenters. The van der Waals surface area contributed by atoms with Crippen molar-refractivity contribution in [1.29, 1.82) is 0 Å². The maximum atomic E-state index is 12.9. The molecule has 0 spiro atoms. The average Bonchev–Trinajstić information content (AvgIpc) is 3.29. The van der Waals surface area contributed by atoms with Crippen LogP contribution in [0.2, 0.25) is 0 Å². The minimum absolute atomic E-state index is 0.0627. The summed E-state index contributed by atoms with van der Waals surface area (Å²) in [5, 5.41) is 0. The first-order valence-corrected chi connectivity index (χ1v) is 29.7. The van der Waals surface area contributed by atoms with Crippen molar-refractivity contribution >= 4 is 17.9 Å². The van der Waals surface area contributed by atoms with E-state index in [0.29, 0.717) is 19.3 Å². The van der Waals surface area contributed by atoms with Gasteiger partial charge in [-0.15, -0.1) is 0 Å². The smallest absolute Gasteiger partial charge is 0.306 e. The topological polar surface area (TPSA) is 78.9 Å². The van der Waals surface area contributed by atoms with Crippen LogP contribution in [0.5, 0.6) is 0 Å². The summed E-state index contributed by atoms with van der Waals surface area (Å²) in [5.74, 6) is 0.828. The van der Waals surface area contributed by atoms with Crippen LogP contribution in [0.25, 0.3) is 0 Å². The van der Waals surface area contributed by atoms with Crippen LogP contribution in [0.4, 0.5) is 0 Å². The van der Waals surface area contributed by atoms with Crippen LogP contribution < -0.4 is 0 Å². The van der Waals surface area contributed by atoms with E-state index < -0.39 is 6.10 Å². The highest BCUT2D eigenvalue weighted by Gasteiger charge is 2.19. The summed E-state index contributed by atoms with van der Waals surface area (Å²) < 4.78 is 16.9. The van der Waals surface area contributed by atoms with Crippen molar-refractivity contribution in [1.82, 2.24) is 0 Å². The highest BCUT2D eigenvalue weighted by Crippen LogP contribution is 2.18. The molecule has 0 fully saturated rings. The molecule has 0 aliphatic heterocycles. The summed E-state index contributed by atoms with van der Waals surface area (Å²) >= 11 is 0. The Bertz CT molecular complexity index is 1010. The molecule has 0 rings (SSSR count). The van der Waals surface area contributed by atoms with Crippen molar-refractivity contribution in [3.05, 3.63) is 0 Å². The zero-order valence-electron chi connectivity index (χ0n) is 45.3. The molecule has 0 unspecified atom stereocenters. The first-order valence-electron chi connectivity index (χ1n) is 29.7. The number of unbranched alkanes of at least 4 members (excludes halogenated alkanes) is 39. The normalized spacial score (nSPS) is 12.0. The van der Waals surface area contributed by atoms with Gasteiger partial charge >= 0.3 is 17.9 Å². The van der Waals surface area contributed by atoms with Crippen LogP contribution in [0.1, 0.15) is 336 Å². The SMILES string of the molecule is CCCCCCCCCCCCCCCCCC(=O)OC[C@@H](COC(=O)CCCCCCCCCCCC(C)C)OC(=O)CCCCCCCCCCCCCCCCCCCCC(C)C. The number of ether oxygens (including phenoxy) is 3. The predicted molar refractivity (Wildman–Crippen MR) is 284 cm³/mol. The van der Waals surface area contributed by atoms with Crippen molar-refractivity contribution in [2.75, 3.05) is 13.2 Å². The third-order valence-electron chi connectivity index (χ3n) is 13.7. The second kappa shape index (κ2) is 52.8. The van der Waals surface area contributed by atoms with Gasteiger partial charge in [0.15, 0.2) is 6.10 Å². The minimum atomic E-state index is -0.763. The van der Waals surface area contributed by atoms with Crippen molar-refractivity contribution in [2.24, 2.45) is 11.8 Å². The maximum Gasteiger partial charge on any atom is 0.306 e. The quantitative estimate of drug-likeness (QED) is 0.0343. The van der Waals surface area contributed by atoms with Crippen LogP contribution in [0, 0.1) is 11.8 Å². The van der Waals surface area contributed by atoms with Gasteiger partial charge in [-0.2, -0.15) is 0 Å². The molecule has 6 nitrogen and oxygen atoms in total. The number of carbonyl (C=O) groups excluding carboxylic acids is 3. The molecular formula is C60H116O6. The van der Waals surface area contributed by atoms with Crippen LogP contribution in [-0.2, 0) is 28.6 Å². The first kappa shape index (κ1) is 64.4. The molecule has 392 valence electrons. The Hall–Kier alpha value is -1.59. The lowest BCUT2D eigenvalue weighted by molar-refractivity contribution is -0.167. The molecule has 0 aliphatic carbocycles. The fourth-order valence-corrected chi connectivity index (χ4v) is 9.23. The third-order valence-corrected chi connectivity index (χ3v) is 13.7. The van der Waals surface area contributed by atoms with E-state index in [1.165, 1.54) is 225 Å². The lowest BCUT2D eigenvalue weighted by Gasteiger charge is -2.18. The van der Waals surface area contributed by atoms with Crippen molar-refractivity contribution in [2.45, 2.75) is 343 Å². The standard InChI is InChI=1S/C60H116O6/c1-6-7-8-9-10-11-12-13-18-22-25-30-35-40-45-50-58(61)64-53-57(54-65-59(62)51-46-41-36-32-27-29-34-39-44-49-56(4)5)66-60(63)52-47-42-37-31-26-23-20-17-15-14-16-19-21-24-28-33-38-43-48-55(2)3/h55-57H,6-54H2,1-5H3/t57-/m0/s1. The van der Waals surface area contributed by atoms with Crippen LogP contribution in [-0.4, -0.2) is 37.2 Å². The summed E-state index contributed by atoms with van der Waals surface area (Å²) in [6.07, 6.45) is 56.7. The summed E-state index contributed by atoms with van der Waals surface area (Å²) in [4.78, 5) is 38.1. The van der Waals surface area contributed by atoms with Crippen LogP contribution >= 0.6 is 0 Å². The predicted octanol–water partition coefficient (Wildman–Crippen LogP) is 19.7. The van der Waals surface area contributed by atoms with E-state index in [9.17, 15) is 14.4 Å². The molecule has 0 amide bonds. The Kier molecular flexibility index (Phi) is 51.5. The maximum absolute atomic E-state index is 12.9. The fourth-order valence-electron chi connectivity index (χ4n) is 9.23. The number of hydrogen-bond acceptors (Lipinski definition) is 6. The van der Waals surface area contributed by atoms with E-state index in [0.717, 1.165) is 69.6 Å². The van der Waals surface area contributed by atoms with E-state index >= 15 is 0 Å².